The summed E-state index contributed by atoms with van der Waals surface area (Å²) in [5.74, 6) is 0.281. The summed E-state index contributed by atoms with van der Waals surface area (Å²) >= 11 is 6.03. The van der Waals surface area contributed by atoms with Crippen LogP contribution in [0, 0.1) is 5.92 Å². The maximum atomic E-state index is 12.0. The Labute approximate surface area is 114 Å². The van der Waals surface area contributed by atoms with Gasteiger partial charge < -0.3 is 5.32 Å². The second-order valence-corrected chi connectivity index (χ2v) is 5.58. The number of halogens is 1. The number of benzene rings is 1. The molecule has 1 unspecified atom stereocenters. The van der Waals surface area contributed by atoms with E-state index in [2.05, 4.69) is 24.4 Å². The maximum absolute atomic E-state index is 12.0. The summed E-state index contributed by atoms with van der Waals surface area (Å²) in [5.41, 5.74) is 2.64. The van der Waals surface area contributed by atoms with Crippen molar-refractivity contribution in [1.82, 2.24) is 5.32 Å². The standard InChI is InChI=1S/C15H20ClNO/c1-2-14(16)7-8-17-15(18)13-9-11-5-3-4-6-12(11)10-13/h3-6,13-14H,2,7-10H2,1H3,(H,17,18). The van der Waals surface area contributed by atoms with E-state index in [9.17, 15) is 4.79 Å². The quantitative estimate of drug-likeness (QED) is 0.815. The molecule has 1 aliphatic carbocycles. The van der Waals surface area contributed by atoms with Gasteiger partial charge in [0.15, 0.2) is 0 Å². The molecule has 18 heavy (non-hydrogen) atoms. The number of alkyl halides is 1. The molecule has 1 amide bonds. The molecule has 0 heterocycles. The van der Waals surface area contributed by atoms with Crippen molar-refractivity contribution in [3.63, 3.8) is 0 Å². The van der Waals surface area contributed by atoms with Crippen LogP contribution < -0.4 is 5.32 Å². The number of amides is 1. The van der Waals surface area contributed by atoms with E-state index in [-0.39, 0.29) is 17.2 Å². The summed E-state index contributed by atoms with van der Waals surface area (Å²) in [4.78, 5) is 12.0. The van der Waals surface area contributed by atoms with Crippen molar-refractivity contribution in [1.29, 1.82) is 0 Å². The molecule has 0 spiro atoms. The monoisotopic (exact) mass is 265 g/mol. The lowest BCUT2D eigenvalue weighted by atomic mass is 10.1. The molecule has 0 fully saturated rings. The highest BCUT2D eigenvalue weighted by atomic mass is 35.5. The predicted molar refractivity (Wildman–Crippen MR) is 74.9 cm³/mol. The van der Waals surface area contributed by atoms with Gasteiger partial charge in [0, 0.05) is 17.8 Å². The van der Waals surface area contributed by atoms with Gasteiger partial charge in [0.1, 0.15) is 0 Å². The van der Waals surface area contributed by atoms with Gasteiger partial charge in [-0.1, -0.05) is 31.2 Å². The fourth-order valence-electron chi connectivity index (χ4n) is 2.44. The molecule has 1 atom stereocenters. The first-order valence-electron chi connectivity index (χ1n) is 6.69. The zero-order valence-corrected chi connectivity index (χ0v) is 11.5. The van der Waals surface area contributed by atoms with Gasteiger partial charge in [-0.3, -0.25) is 4.79 Å². The average Bonchev–Trinajstić information content (AvgIpc) is 2.82. The van der Waals surface area contributed by atoms with Crippen molar-refractivity contribution in [2.45, 2.75) is 38.0 Å². The van der Waals surface area contributed by atoms with Crippen molar-refractivity contribution in [3.05, 3.63) is 35.4 Å². The zero-order valence-electron chi connectivity index (χ0n) is 10.8. The van der Waals surface area contributed by atoms with E-state index in [1.807, 2.05) is 12.1 Å². The van der Waals surface area contributed by atoms with E-state index in [0.29, 0.717) is 6.54 Å². The van der Waals surface area contributed by atoms with Gasteiger partial charge in [-0.2, -0.15) is 0 Å². The predicted octanol–water partition coefficient (Wildman–Crippen LogP) is 2.93. The minimum Gasteiger partial charge on any atom is -0.356 e. The first-order valence-corrected chi connectivity index (χ1v) is 7.13. The number of nitrogens with one attached hydrogen (secondary N) is 1. The zero-order chi connectivity index (χ0) is 13.0. The fraction of sp³-hybridized carbons (Fsp3) is 0.533. The molecule has 0 aliphatic heterocycles. The van der Waals surface area contributed by atoms with Gasteiger partial charge >= 0.3 is 0 Å². The van der Waals surface area contributed by atoms with Crippen LogP contribution in [0.25, 0.3) is 0 Å². The van der Waals surface area contributed by atoms with Crippen LogP contribution in [0.2, 0.25) is 0 Å². The summed E-state index contributed by atoms with van der Waals surface area (Å²) in [6.45, 7) is 2.75. The molecule has 0 saturated carbocycles. The van der Waals surface area contributed by atoms with Crippen LogP contribution in [-0.2, 0) is 17.6 Å². The highest BCUT2D eigenvalue weighted by Gasteiger charge is 2.26. The Morgan fingerprint density at radius 3 is 2.56 bits per heavy atom. The molecular formula is C15H20ClNO. The highest BCUT2D eigenvalue weighted by Crippen LogP contribution is 2.26. The molecule has 0 radical (unpaired) electrons. The van der Waals surface area contributed by atoms with Crippen LogP contribution in [0.1, 0.15) is 30.9 Å². The Morgan fingerprint density at radius 2 is 2.00 bits per heavy atom. The van der Waals surface area contributed by atoms with Crippen LogP contribution in [0.3, 0.4) is 0 Å². The fourth-order valence-corrected chi connectivity index (χ4v) is 2.55. The number of carbonyl (C=O) groups excluding carboxylic acids is 1. The molecule has 0 bridgehead atoms. The summed E-state index contributed by atoms with van der Waals surface area (Å²) in [6, 6.07) is 8.32. The largest absolute Gasteiger partial charge is 0.356 e. The third-order valence-electron chi connectivity index (χ3n) is 3.62. The number of hydrogen-bond donors (Lipinski definition) is 1. The van der Waals surface area contributed by atoms with E-state index >= 15 is 0 Å². The minimum absolute atomic E-state index is 0.109. The Hall–Kier alpha value is -1.02. The molecule has 0 saturated heterocycles. The molecule has 1 aromatic rings. The molecular weight excluding hydrogens is 246 g/mol. The van der Waals surface area contributed by atoms with Crippen molar-refractivity contribution in [2.24, 2.45) is 5.92 Å². The number of carbonyl (C=O) groups is 1. The summed E-state index contributed by atoms with van der Waals surface area (Å²) in [7, 11) is 0. The van der Waals surface area contributed by atoms with Gasteiger partial charge in [-0.15, -0.1) is 11.6 Å². The van der Waals surface area contributed by atoms with E-state index in [4.69, 9.17) is 11.6 Å². The van der Waals surface area contributed by atoms with Gasteiger partial charge in [0.25, 0.3) is 0 Å². The smallest absolute Gasteiger partial charge is 0.223 e. The van der Waals surface area contributed by atoms with Gasteiger partial charge in [-0.05, 0) is 36.8 Å². The number of rotatable bonds is 5. The first kappa shape index (κ1) is 13.4. The average molecular weight is 266 g/mol. The molecule has 3 heteroatoms. The molecule has 98 valence electrons. The SMILES string of the molecule is CCC(Cl)CCNC(=O)C1Cc2ccccc2C1. The summed E-state index contributed by atoms with van der Waals surface area (Å²) in [6.07, 6.45) is 3.55. The second-order valence-electron chi connectivity index (χ2n) is 4.96. The van der Waals surface area contributed by atoms with Crippen LogP contribution in [0.5, 0.6) is 0 Å². The molecule has 1 aliphatic rings. The van der Waals surface area contributed by atoms with Crippen LogP contribution in [0.15, 0.2) is 24.3 Å². The maximum Gasteiger partial charge on any atom is 0.223 e. The lowest BCUT2D eigenvalue weighted by Crippen LogP contribution is -2.32. The topological polar surface area (TPSA) is 29.1 Å². The molecule has 1 N–H and O–H groups in total. The first-order chi connectivity index (χ1) is 8.70. The number of hydrogen-bond acceptors (Lipinski definition) is 1. The summed E-state index contributed by atoms with van der Waals surface area (Å²) < 4.78 is 0. The van der Waals surface area contributed by atoms with Gasteiger partial charge in [0.2, 0.25) is 5.91 Å². The van der Waals surface area contributed by atoms with E-state index in [0.717, 1.165) is 25.7 Å². The molecule has 2 rings (SSSR count). The summed E-state index contributed by atoms with van der Waals surface area (Å²) in [5, 5.41) is 3.17. The minimum atomic E-state index is 0.109. The highest BCUT2D eigenvalue weighted by molar-refractivity contribution is 6.20. The number of fused-ring (bicyclic) bond motifs is 1. The van der Waals surface area contributed by atoms with E-state index in [1.165, 1.54) is 11.1 Å². The molecule has 2 nitrogen and oxygen atoms in total. The molecule has 0 aromatic heterocycles. The van der Waals surface area contributed by atoms with Crippen molar-refractivity contribution < 1.29 is 4.79 Å². The Morgan fingerprint density at radius 1 is 1.39 bits per heavy atom. The van der Waals surface area contributed by atoms with Crippen LogP contribution in [-0.4, -0.2) is 17.8 Å². The lowest BCUT2D eigenvalue weighted by Gasteiger charge is -2.11. The van der Waals surface area contributed by atoms with Crippen LogP contribution in [0.4, 0.5) is 0 Å². The van der Waals surface area contributed by atoms with E-state index < -0.39 is 0 Å². The van der Waals surface area contributed by atoms with Crippen molar-refractivity contribution >= 4 is 17.5 Å². The van der Waals surface area contributed by atoms with Crippen molar-refractivity contribution in [3.8, 4) is 0 Å². The van der Waals surface area contributed by atoms with Gasteiger partial charge in [0.05, 0.1) is 0 Å². The Bertz CT molecular complexity index is 394. The molecule has 1 aromatic carbocycles. The normalized spacial score (nSPS) is 16.3. The Balaban J connectivity index is 1.79. The second kappa shape index (κ2) is 6.24. The lowest BCUT2D eigenvalue weighted by molar-refractivity contribution is -0.124. The van der Waals surface area contributed by atoms with Gasteiger partial charge in [-0.25, -0.2) is 0 Å². The third kappa shape index (κ3) is 3.26. The van der Waals surface area contributed by atoms with E-state index in [1.54, 1.807) is 0 Å². The van der Waals surface area contributed by atoms with Crippen molar-refractivity contribution in [2.75, 3.05) is 6.54 Å². The third-order valence-corrected chi connectivity index (χ3v) is 4.15. The van der Waals surface area contributed by atoms with Crippen LogP contribution >= 0.6 is 11.6 Å². The Kier molecular flexibility index (Phi) is 4.65.